The lowest BCUT2D eigenvalue weighted by molar-refractivity contribution is -0.144. The first-order valence-electron chi connectivity index (χ1n) is 10.2. The Labute approximate surface area is 151 Å². The number of fused-ring (bicyclic) bond motifs is 5. The third-order valence-electron chi connectivity index (χ3n) is 9.07. The Balaban J connectivity index is 1.74. The molecule has 0 aromatic carbocycles. The molecule has 0 aliphatic heterocycles. The van der Waals surface area contributed by atoms with E-state index in [1.165, 1.54) is 5.57 Å². The lowest BCUT2D eigenvalue weighted by atomic mass is 9.44. The monoisotopic (exact) mass is 344 g/mol. The van der Waals surface area contributed by atoms with Crippen molar-refractivity contribution in [2.45, 2.75) is 78.2 Å². The van der Waals surface area contributed by atoms with Crippen molar-refractivity contribution in [3.05, 3.63) is 11.6 Å². The van der Waals surface area contributed by atoms with E-state index in [2.05, 4.69) is 27.7 Å². The van der Waals surface area contributed by atoms with Crippen molar-refractivity contribution in [1.29, 1.82) is 0 Å². The van der Waals surface area contributed by atoms with E-state index in [0.717, 1.165) is 38.5 Å². The van der Waals surface area contributed by atoms with Gasteiger partial charge in [-0.1, -0.05) is 33.3 Å². The number of allylic oxidation sites excluding steroid dienone is 1. The zero-order chi connectivity index (χ0) is 18.2. The van der Waals surface area contributed by atoms with Gasteiger partial charge in [0, 0.05) is 6.42 Å². The lowest BCUT2D eigenvalue weighted by Crippen LogP contribution is -2.56. The summed E-state index contributed by atoms with van der Waals surface area (Å²) in [6.07, 6.45) is 8.15. The molecule has 0 saturated heterocycles. The number of carbonyl (C=O) groups excluding carboxylic acids is 2. The Morgan fingerprint density at radius 3 is 2.52 bits per heavy atom. The fourth-order valence-corrected chi connectivity index (χ4v) is 7.59. The second-order valence-electron chi connectivity index (χ2n) is 9.87. The number of aliphatic hydroxyl groups is 1. The van der Waals surface area contributed by atoms with Crippen molar-refractivity contribution in [2.75, 3.05) is 0 Å². The quantitative estimate of drug-likeness (QED) is 0.729. The van der Waals surface area contributed by atoms with Gasteiger partial charge in [-0.05, 0) is 79.1 Å². The Kier molecular flexibility index (Phi) is 3.69. The summed E-state index contributed by atoms with van der Waals surface area (Å²) >= 11 is 0. The van der Waals surface area contributed by atoms with Crippen LogP contribution in [-0.4, -0.2) is 22.3 Å². The molecule has 138 valence electrons. The summed E-state index contributed by atoms with van der Waals surface area (Å²) in [5.41, 5.74) is 0.558. The highest BCUT2D eigenvalue weighted by Crippen LogP contribution is 2.68. The topological polar surface area (TPSA) is 54.4 Å². The van der Waals surface area contributed by atoms with Crippen molar-refractivity contribution < 1.29 is 14.7 Å². The number of carbonyl (C=O) groups is 2. The van der Waals surface area contributed by atoms with Crippen molar-refractivity contribution in [3.63, 3.8) is 0 Å². The van der Waals surface area contributed by atoms with Gasteiger partial charge in [0.05, 0.1) is 5.60 Å². The summed E-state index contributed by atoms with van der Waals surface area (Å²) in [7, 11) is 0. The van der Waals surface area contributed by atoms with E-state index in [-0.39, 0.29) is 22.4 Å². The molecule has 25 heavy (non-hydrogen) atoms. The third-order valence-corrected chi connectivity index (χ3v) is 9.07. The first-order valence-corrected chi connectivity index (χ1v) is 10.2. The molecule has 0 unspecified atom stereocenters. The lowest BCUT2D eigenvalue weighted by Gasteiger charge is -2.60. The molecule has 4 aliphatic rings. The van der Waals surface area contributed by atoms with Crippen LogP contribution in [0.1, 0.15) is 72.6 Å². The zero-order valence-corrected chi connectivity index (χ0v) is 16.1. The van der Waals surface area contributed by atoms with Gasteiger partial charge in [0.1, 0.15) is 0 Å². The van der Waals surface area contributed by atoms with Gasteiger partial charge >= 0.3 is 0 Å². The Hall–Kier alpha value is -0.960. The van der Waals surface area contributed by atoms with Gasteiger partial charge < -0.3 is 5.11 Å². The van der Waals surface area contributed by atoms with Crippen molar-refractivity contribution >= 4 is 11.6 Å². The molecule has 0 spiro atoms. The first-order chi connectivity index (χ1) is 11.7. The summed E-state index contributed by atoms with van der Waals surface area (Å²) in [4.78, 5) is 24.2. The standard InChI is InChI=1S/C22H32O3/c1-5-22(25)9-7-16-14-10-13(2)17-11-18(23)19(24)12-20(17,3)15(14)6-8-21(16,22)4/h11,13-16,25H,5-10,12H2,1-4H3/t13-,14+,15-,16-,20+,21-,22+/m0/s1. The van der Waals surface area contributed by atoms with Gasteiger partial charge in [0.15, 0.2) is 0 Å². The number of ketones is 2. The fraction of sp³-hybridized carbons (Fsp3) is 0.818. The molecule has 3 saturated carbocycles. The number of hydrogen-bond acceptors (Lipinski definition) is 3. The predicted molar refractivity (Wildman–Crippen MR) is 96.9 cm³/mol. The molecule has 3 heteroatoms. The highest BCUT2D eigenvalue weighted by atomic mass is 16.3. The van der Waals surface area contributed by atoms with Crippen LogP contribution in [0.4, 0.5) is 0 Å². The maximum absolute atomic E-state index is 12.2. The third kappa shape index (κ3) is 2.08. The second-order valence-corrected chi connectivity index (χ2v) is 9.87. The molecule has 4 aliphatic carbocycles. The molecule has 0 heterocycles. The van der Waals surface area contributed by atoms with Crippen molar-refractivity contribution in [2.24, 2.45) is 34.5 Å². The van der Waals surface area contributed by atoms with E-state index in [0.29, 0.717) is 30.1 Å². The van der Waals surface area contributed by atoms with Crippen molar-refractivity contribution in [1.82, 2.24) is 0 Å². The first kappa shape index (κ1) is 17.5. The van der Waals surface area contributed by atoms with Crippen LogP contribution in [-0.2, 0) is 9.59 Å². The largest absolute Gasteiger partial charge is 0.389 e. The molecule has 3 nitrogen and oxygen atoms in total. The highest BCUT2D eigenvalue weighted by molar-refractivity contribution is 6.42. The van der Waals surface area contributed by atoms with E-state index >= 15 is 0 Å². The van der Waals surface area contributed by atoms with Crippen LogP contribution < -0.4 is 0 Å². The van der Waals surface area contributed by atoms with Gasteiger partial charge in [-0.15, -0.1) is 0 Å². The Bertz CT molecular complexity index is 664. The van der Waals surface area contributed by atoms with Crippen LogP contribution in [0, 0.1) is 34.5 Å². The maximum Gasteiger partial charge on any atom is 0.221 e. The number of rotatable bonds is 1. The molecular formula is C22H32O3. The molecule has 0 aromatic heterocycles. The van der Waals surface area contributed by atoms with E-state index in [1.807, 2.05) is 0 Å². The predicted octanol–water partition coefficient (Wildman–Crippen LogP) is 4.08. The summed E-state index contributed by atoms with van der Waals surface area (Å²) in [5, 5.41) is 11.3. The highest BCUT2D eigenvalue weighted by Gasteiger charge is 2.64. The van der Waals surface area contributed by atoms with Gasteiger partial charge in [0.25, 0.3) is 0 Å². The molecular weight excluding hydrogens is 312 g/mol. The van der Waals surface area contributed by atoms with Crippen LogP contribution in [0.5, 0.6) is 0 Å². The molecule has 0 radical (unpaired) electrons. The average Bonchev–Trinajstić information content (AvgIpc) is 2.83. The number of hydrogen-bond donors (Lipinski definition) is 1. The van der Waals surface area contributed by atoms with E-state index in [1.54, 1.807) is 6.08 Å². The van der Waals surface area contributed by atoms with Crippen LogP contribution in [0.2, 0.25) is 0 Å². The molecule has 0 aromatic rings. The second kappa shape index (κ2) is 5.28. The van der Waals surface area contributed by atoms with E-state index in [9.17, 15) is 14.7 Å². The average molecular weight is 344 g/mol. The minimum Gasteiger partial charge on any atom is -0.389 e. The molecule has 0 bridgehead atoms. The SMILES string of the molecule is CC[C@@]1(O)CC[C@H]2[C@@H]3C[C@H](C)C4=CC(=O)C(=O)C[C@]4(C)[C@H]3CC[C@@]21C. The summed E-state index contributed by atoms with van der Waals surface area (Å²) in [5.74, 6) is 1.45. The van der Waals surface area contributed by atoms with Gasteiger partial charge in [0.2, 0.25) is 11.6 Å². The normalized spacial score (nSPS) is 52.3. The van der Waals surface area contributed by atoms with Gasteiger partial charge in [-0.2, -0.15) is 0 Å². The summed E-state index contributed by atoms with van der Waals surface area (Å²) < 4.78 is 0. The van der Waals surface area contributed by atoms with Crippen LogP contribution >= 0.6 is 0 Å². The Morgan fingerprint density at radius 1 is 1.16 bits per heavy atom. The van der Waals surface area contributed by atoms with Gasteiger partial charge in [-0.3, -0.25) is 9.59 Å². The van der Waals surface area contributed by atoms with E-state index in [4.69, 9.17) is 0 Å². The van der Waals surface area contributed by atoms with Gasteiger partial charge in [-0.25, -0.2) is 0 Å². The minimum absolute atomic E-state index is 0.00864. The molecule has 3 fully saturated rings. The summed E-state index contributed by atoms with van der Waals surface area (Å²) in [6.45, 7) is 8.91. The van der Waals surface area contributed by atoms with Crippen LogP contribution in [0.3, 0.4) is 0 Å². The maximum atomic E-state index is 12.2. The fourth-order valence-electron chi connectivity index (χ4n) is 7.59. The van der Waals surface area contributed by atoms with Crippen molar-refractivity contribution in [3.8, 4) is 0 Å². The van der Waals surface area contributed by atoms with Crippen LogP contribution in [0.25, 0.3) is 0 Å². The Morgan fingerprint density at radius 2 is 1.84 bits per heavy atom. The van der Waals surface area contributed by atoms with Crippen LogP contribution in [0.15, 0.2) is 11.6 Å². The summed E-state index contributed by atoms with van der Waals surface area (Å²) in [6, 6.07) is 0. The molecule has 1 N–H and O–H groups in total. The molecule has 4 rings (SSSR count). The van der Waals surface area contributed by atoms with E-state index < -0.39 is 5.60 Å². The number of Topliss-reactive ketones (excluding diaryl/α,β-unsaturated/α-hetero) is 1. The zero-order valence-electron chi connectivity index (χ0n) is 16.1. The molecule has 7 atom stereocenters. The molecule has 0 amide bonds. The minimum atomic E-state index is -0.527. The smallest absolute Gasteiger partial charge is 0.221 e.